The molecule has 1 aromatic heterocycles. The van der Waals surface area contributed by atoms with Gasteiger partial charge in [0.05, 0.1) is 12.1 Å². The van der Waals surface area contributed by atoms with E-state index in [-0.39, 0.29) is 19.6 Å². The summed E-state index contributed by atoms with van der Waals surface area (Å²) in [4.78, 5) is 17.3. The molecule has 0 N–H and O–H groups in total. The first-order valence-electron chi connectivity index (χ1n) is 7.08. The topological polar surface area (TPSA) is 42.4 Å². The van der Waals surface area contributed by atoms with Gasteiger partial charge >= 0.3 is 0 Å². The van der Waals surface area contributed by atoms with E-state index in [9.17, 15) is 13.6 Å². The number of carbonyl (C=O) groups excluding carboxylic acids is 1. The number of amides is 1. The molecule has 0 aliphatic carbocycles. The fourth-order valence-electron chi connectivity index (χ4n) is 2.54. The Morgan fingerprint density at radius 2 is 2.23 bits per heavy atom. The summed E-state index contributed by atoms with van der Waals surface area (Å²) in [6, 6.07) is 7.40. The van der Waals surface area contributed by atoms with Gasteiger partial charge in [0.1, 0.15) is 5.75 Å². The molecule has 116 valence electrons. The number of aryl methyl sites for hydroxylation is 1. The summed E-state index contributed by atoms with van der Waals surface area (Å²) in [6.07, 6.45) is 1.32. The van der Waals surface area contributed by atoms with Crippen molar-refractivity contribution >= 4 is 16.8 Å². The molecule has 0 spiro atoms. The fourth-order valence-corrected chi connectivity index (χ4v) is 2.54. The Morgan fingerprint density at radius 3 is 2.95 bits per heavy atom. The summed E-state index contributed by atoms with van der Waals surface area (Å²) in [5, 5.41) is 0.799. The summed E-state index contributed by atoms with van der Waals surface area (Å²) < 4.78 is 31.8. The monoisotopic (exact) mass is 306 g/mol. The summed E-state index contributed by atoms with van der Waals surface area (Å²) in [5.41, 5.74) is 1.85. The SMILES string of the molecule is Cc1ccc2c(OCC(=O)N3CCC(F)(F)C3)ccnc2c1. The Bertz CT molecular complexity index is 718. The van der Waals surface area contributed by atoms with Crippen molar-refractivity contribution in [2.24, 2.45) is 0 Å². The van der Waals surface area contributed by atoms with Gasteiger partial charge in [0.2, 0.25) is 0 Å². The van der Waals surface area contributed by atoms with Crippen molar-refractivity contribution in [3.63, 3.8) is 0 Å². The molecule has 1 aliphatic heterocycles. The average Bonchev–Trinajstić information content (AvgIpc) is 2.84. The molecule has 0 bridgehead atoms. The van der Waals surface area contributed by atoms with E-state index in [2.05, 4.69) is 4.98 Å². The molecule has 1 aliphatic rings. The highest BCUT2D eigenvalue weighted by atomic mass is 19.3. The van der Waals surface area contributed by atoms with Gasteiger partial charge in [-0.15, -0.1) is 0 Å². The molecule has 22 heavy (non-hydrogen) atoms. The zero-order valence-corrected chi connectivity index (χ0v) is 12.2. The van der Waals surface area contributed by atoms with Crippen LogP contribution in [0, 0.1) is 6.92 Å². The van der Waals surface area contributed by atoms with Crippen LogP contribution in [-0.2, 0) is 4.79 Å². The lowest BCUT2D eigenvalue weighted by Crippen LogP contribution is -2.34. The molecule has 6 heteroatoms. The molecule has 0 saturated carbocycles. The van der Waals surface area contributed by atoms with Gasteiger partial charge in [-0.3, -0.25) is 9.78 Å². The van der Waals surface area contributed by atoms with Crippen molar-refractivity contribution in [2.45, 2.75) is 19.3 Å². The number of rotatable bonds is 3. The molecule has 3 rings (SSSR count). The fraction of sp³-hybridized carbons (Fsp3) is 0.375. The van der Waals surface area contributed by atoms with Crippen LogP contribution in [0.4, 0.5) is 8.78 Å². The van der Waals surface area contributed by atoms with Crippen molar-refractivity contribution in [3.8, 4) is 5.75 Å². The maximum atomic E-state index is 13.1. The summed E-state index contributed by atoms with van der Waals surface area (Å²) >= 11 is 0. The van der Waals surface area contributed by atoms with Gasteiger partial charge in [-0.25, -0.2) is 8.78 Å². The standard InChI is InChI=1S/C16H16F2N2O2/c1-11-2-3-12-13(8-11)19-6-4-14(12)22-9-15(21)20-7-5-16(17,18)10-20/h2-4,6,8H,5,7,9-10H2,1H3. The van der Waals surface area contributed by atoms with Crippen LogP contribution in [0.5, 0.6) is 5.75 Å². The first-order valence-corrected chi connectivity index (χ1v) is 7.08. The molecule has 1 fully saturated rings. The zero-order valence-electron chi connectivity index (χ0n) is 12.2. The van der Waals surface area contributed by atoms with E-state index in [1.54, 1.807) is 12.3 Å². The number of hydrogen-bond donors (Lipinski definition) is 0. The van der Waals surface area contributed by atoms with Gasteiger partial charge in [-0.05, 0) is 30.7 Å². The van der Waals surface area contributed by atoms with Crippen LogP contribution >= 0.6 is 0 Å². The zero-order chi connectivity index (χ0) is 15.7. The highest BCUT2D eigenvalue weighted by molar-refractivity contribution is 5.86. The van der Waals surface area contributed by atoms with E-state index < -0.39 is 18.4 Å². The van der Waals surface area contributed by atoms with Gasteiger partial charge in [-0.1, -0.05) is 6.07 Å². The Hall–Kier alpha value is -2.24. The van der Waals surface area contributed by atoms with Crippen LogP contribution in [-0.4, -0.2) is 41.4 Å². The van der Waals surface area contributed by atoms with Crippen LogP contribution in [0.1, 0.15) is 12.0 Å². The quantitative estimate of drug-likeness (QED) is 0.875. The van der Waals surface area contributed by atoms with Crippen molar-refractivity contribution in [3.05, 3.63) is 36.0 Å². The van der Waals surface area contributed by atoms with E-state index in [1.807, 2.05) is 25.1 Å². The van der Waals surface area contributed by atoms with Crippen molar-refractivity contribution in [2.75, 3.05) is 19.7 Å². The second kappa shape index (κ2) is 5.51. The number of ether oxygens (including phenoxy) is 1. The summed E-state index contributed by atoms with van der Waals surface area (Å²) in [7, 11) is 0. The second-order valence-corrected chi connectivity index (χ2v) is 5.54. The molecule has 2 heterocycles. The Morgan fingerprint density at radius 1 is 1.41 bits per heavy atom. The maximum absolute atomic E-state index is 13.1. The van der Waals surface area contributed by atoms with E-state index in [4.69, 9.17) is 4.74 Å². The highest BCUT2D eigenvalue weighted by Crippen LogP contribution is 2.27. The van der Waals surface area contributed by atoms with E-state index >= 15 is 0 Å². The second-order valence-electron chi connectivity index (χ2n) is 5.54. The first-order chi connectivity index (χ1) is 10.4. The number of alkyl halides is 2. The number of fused-ring (bicyclic) bond motifs is 1. The first kappa shape index (κ1) is 14.7. The number of hydrogen-bond acceptors (Lipinski definition) is 3. The predicted octanol–water partition coefficient (Wildman–Crippen LogP) is 2.79. The maximum Gasteiger partial charge on any atom is 0.267 e. The number of aromatic nitrogens is 1. The van der Waals surface area contributed by atoms with Gasteiger partial charge in [0.15, 0.2) is 6.61 Å². The van der Waals surface area contributed by atoms with Gasteiger partial charge in [0.25, 0.3) is 11.8 Å². The predicted molar refractivity (Wildman–Crippen MR) is 78.1 cm³/mol. The normalized spacial score (nSPS) is 17.0. The number of pyridine rings is 1. The minimum Gasteiger partial charge on any atom is -0.483 e. The number of likely N-dealkylation sites (tertiary alicyclic amines) is 1. The minimum absolute atomic E-state index is 0.0749. The third kappa shape index (κ3) is 3.00. The molecule has 1 saturated heterocycles. The molecule has 1 amide bonds. The third-order valence-electron chi connectivity index (χ3n) is 3.73. The van der Waals surface area contributed by atoms with Gasteiger partial charge < -0.3 is 9.64 Å². The van der Waals surface area contributed by atoms with Crippen molar-refractivity contribution < 1.29 is 18.3 Å². The number of nitrogens with zero attached hydrogens (tertiary/aromatic N) is 2. The molecular formula is C16H16F2N2O2. The average molecular weight is 306 g/mol. The molecule has 0 atom stereocenters. The third-order valence-corrected chi connectivity index (χ3v) is 3.73. The Labute approximate surface area is 126 Å². The van der Waals surface area contributed by atoms with Crippen LogP contribution in [0.3, 0.4) is 0 Å². The van der Waals surface area contributed by atoms with Gasteiger partial charge in [-0.2, -0.15) is 0 Å². The number of benzene rings is 1. The number of halogens is 2. The summed E-state index contributed by atoms with van der Waals surface area (Å²) in [5.74, 6) is -2.67. The van der Waals surface area contributed by atoms with Crippen molar-refractivity contribution in [1.82, 2.24) is 9.88 Å². The largest absolute Gasteiger partial charge is 0.483 e. The van der Waals surface area contributed by atoms with Crippen LogP contribution in [0.2, 0.25) is 0 Å². The smallest absolute Gasteiger partial charge is 0.267 e. The Kier molecular flexibility index (Phi) is 3.68. The number of carbonyl (C=O) groups is 1. The lowest BCUT2D eigenvalue weighted by molar-refractivity contribution is -0.133. The van der Waals surface area contributed by atoms with Crippen molar-refractivity contribution in [1.29, 1.82) is 0 Å². The molecular weight excluding hydrogens is 290 g/mol. The molecule has 2 aromatic rings. The lowest BCUT2D eigenvalue weighted by atomic mass is 10.1. The Balaban J connectivity index is 1.70. The minimum atomic E-state index is -2.78. The molecule has 1 aromatic carbocycles. The molecule has 4 nitrogen and oxygen atoms in total. The van der Waals surface area contributed by atoms with E-state index in [1.165, 1.54) is 0 Å². The molecule has 0 radical (unpaired) electrons. The summed E-state index contributed by atoms with van der Waals surface area (Å²) in [6.45, 7) is 1.27. The van der Waals surface area contributed by atoms with Gasteiger partial charge in [0, 0.05) is 24.5 Å². The lowest BCUT2D eigenvalue weighted by Gasteiger charge is -2.16. The molecule has 0 unspecified atom stereocenters. The van der Waals surface area contributed by atoms with E-state index in [0.717, 1.165) is 21.4 Å². The van der Waals surface area contributed by atoms with Crippen LogP contribution in [0.25, 0.3) is 10.9 Å². The van der Waals surface area contributed by atoms with Crippen LogP contribution < -0.4 is 4.74 Å². The van der Waals surface area contributed by atoms with Crippen LogP contribution in [0.15, 0.2) is 30.5 Å². The van der Waals surface area contributed by atoms with E-state index in [0.29, 0.717) is 5.75 Å². The highest BCUT2D eigenvalue weighted by Gasteiger charge is 2.40.